The SMILES string of the molecule is CC1(C)OB(c2ccc(-c3c(-c4ccccc4)nc4ccccn34)c(Cl)c2)OC1(C)C. The Morgan fingerprint density at radius 3 is 2.23 bits per heavy atom. The largest absolute Gasteiger partial charge is 0.494 e. The van der Waals surface area contributed by atoms with E-state index in [4.69, 9.17) is 25.9 Å². The lowest BCUT2D eigenvalue weighted by atomic mass is 9.78. The molecule has 5 rings (SSSR count). The fraction of sp³-hybridized carbons (Fsp3) is 0.240. The average molecular weight is 431 g/mol. The lowest BCUT2D eigenvalue weighted by Gasteiger charge is -2.32. The van der Waals surface area contributed by atoms with Crippen molar-refractivity contribution in [2.45, 2.75) is 38.9 Å². The summed E-state index contributed by atoms with van der Waals surface area (Å²) in [6.07, 6.45) is 2.02. The van der Waals surface area contributed by atoms with Gasteiger partial charge < -0.3 is 9.31 Å². The molecule has 31 heavy (non-hydrogen) atoms. The van der Waals surface area contributed by atoms with Crippen LogP contribution in [0.15, 0.2) is 72.9 Å². The van der Waals surface area contributed by atoms with E-state index in [-0.39, 0.29) is 0 Å². The minimum Gasteiger partial charge on any atom is -0.399 e. The van der Waals surface area contributed by atoms with Crippen molar-refractivity contribution in [1.82, 2.24) is 9.38 Å². The standard InChI is InChI=1S/C25H24BClN2O2/c1-24(2)25(3,4)31-26(30-24)18-13-14-19(20(27)16-18)23-22(17-10-6-5-7-11-17)28-21-12-8-9-15-29(21)23/h5-16H,1-4H3. The monoisotopic (exact) mass is 430 g/mol. The number of aromatic nitrogens is 2. The van der Waals surface area contributed by atoms with E-state index in [1.807, 2.05) is 88.5 Å². The molecule has 0 saturated carbocycles. The Morgan fingerprint density at radius 1 is 0.871 bits per heavy atom. The number of halogens is 1. The summed E-state index contributed by atoms with van der Waals surface area (Å²) >= 11 is 6.85. The summed E-state index contributed by atoms with van der Waals surface area (Å²) in [5.74, 6) is 0. The lowest BCUT2D eigenvalue weighted by Crippen LogP contribution is -2.41. The zero-order valence-corrected chi connectivity index (χ0v) is 18.9. The van der Waals surface area contributed by atoms with Gasteiger partial charge in [-0.25, -0.2) is 4.98 Å². The minimum atomic E-state index is -0.452. The van der Waals surface area contributed by atoms with E-state index >= 15 is 0 Å². The van der Waals surface area contributed by atoms with Crippen LogP contribution in [0.1, 0.15) is 27.7 Å². The van der Waals surface area contributed by atoms with Gasteiger partial charge in [0.25, 0.3) is 0 Å². The number of hydrogen-bond donors (Lipinski definition) is 0. The van der Waals surface area contributed by atoms with E-state index in [1.165, 1.54) is 0 Å². The molecule has 1 aliphatic heterocycles. The van der Waals surface area contributed by atoms with Crippen LogP contribution in [0.2, 0.25) is 5.02 Å². The molecular weight excluding hydrogens is 407 g/mol. The fourth-order valence-corrected chi connectivity index (χ4v) is 4.18. The summed E-state index contributed by atoms with van der Waals surface area (Å²) in [6.45, 7) is 8.20. The topological polar surface area (TPSA) is 35.8 Å². The third kappa shape index (κ3) is 3.37. The molecule has 0 atom stereocenters. The summed E-state index contributed by atoms with van der Waals surface area (Å²) in [4.78, 5) is 4.89. The van der Waals surface area contributed by atoms with Crippen molar-refractivity contribution in [3.8, 4) is 22.5 Å². The third-order valence-corrected chi connectivity index (χ3v) is 6.66. The summed E-state index contributed by atoms with van der Waals surface area (Å²) in [7, 11) is -0.452. The Kier molecular flexibility index (Phi) is 4.74. The summed E-state index contributed by atoms with van der Waals surface area (Å²) in [5.41, 5.74) is 4.82. The van der Waals surface area contributed by atoms with Gasteiger partial charge in [-0.3, -0.25) is 4.40 Å². The van der Waals surface area contributed by atoms with Crippen molar-refractivity contribution >= 4 is 29.8 Å². The number of hydrogen-bond acceptors (Lipinski definition) is 3. The molecule has 1 fully saturated rings. The van der Waals surface area contributed by atoms with Crippen molar-refractivity contribution in [2.24, 2.45) is 0 Å². The van der Waals surface area contributed by atoms with Crippen LogP contribution in [0, 0.1) is 0 Å². The molecule has 2 aromatic carbocycles. The first-order chi connectivity index (χ1) is 14.8. The van der Waals surface area contributed by atoms with Crippen LogP contribution < -0.4 is 5.46 Å². The molecule has 0 amide bonds. The van der Waals surface area contributed by atoms with Crippen molar-refractivity contribution < 1.29 is 9.31 Å². The van der Waals surface area contributed by atoms with Gasteiger partial charge in [0.15, 0.2) is 0 Å². The molecular formula is C25H24BClN2O2. The van der Waals surface area contributed by atoms with Crippen LogP contribution in [0.4, 0.5) is 0 Å². The molecule has 2 aromatic heterocycles. The zero-order valence-electron chi connectivity index (χ0n) is 18.1. The zero-order chi connectivity index (χ0) is 21.8. The van der Waals surface area contributed by atoms with E-state index in [0.29, 0.717) is 5.02 Å². The van der Waals surface area contributed by atoms with Gasteiger partial charge in [-0.2, -0.15) is 0 Å². The number of fused-ring (bicyclic) bond motifs is 1. The van der Waals surface area contributed by atoms with Crippen molar-refractivity contribution in [3.05, 3.63) is 77.9 Å². The van der Waals surface area contributed by atoms with Crippen molar-refractivity contribution in [3.63, 3.8) is 0 Å². The highest BCUT2D eigenvalue weighted by atomic mass is 35.5. The molecule has 3 heterocycles. The number of nitrogens with zero attached hydrogens (tertiary/aromatic N) is 2. The van der Waals surface area contributed by atoms with Gasteiger partial charge in [0, 0.05) is 22.3 Å². The Labute approximate surface area is 187 Å². The highest BCUT2D eigenvalue weighted by Gasteiger charge is 2.51. The lowest BCUT2D eigenvalue weighted by molar-refractivity contribution is 0.00578. The maximum Gasteiger partial charge on any atom is 0.494 e. The van der Waals surface area contributed by atoms with Gasteiger partial charge in [-0.1, -0.05) is 60.1 Å². The van der Waals surface area contributed by atoms with Crippen LogP contribution in [0.3, 0.4) is 0 Å². The van der Waals surface area contributed by atoms with Gasteiger partial charge in [0.1, 0.15) is 5.65 Å². The molecule has 0 N–H and O–H groups in total. The van der Waals surface area contributed by atoms with Crippen molar-refractivity contribution in [1.29, 1.82) is 0 Å². The summed E-state index contributed by atoms with van der Waals surface area (Å²) < 4.78 is 14.5. The number of pyridine rings is 1. The van der Waals surface area contributed by atoms with Crippen LogP contribution in [-0.4, -0.2) is 27.7 Å². The molecule has 6 heteroatoms. The highest BCUT2D eigenvalue weighted by Crippen LogP contribution is 2.38. The van der Waals surface area contributed by atoms with Gasteiger partial charge in [0.2, 0.25) is 0 Å². The number of benzene rings is 2. The molecule has 4 aromatic rings. The second-order valence-electron chi connectivity index (χ2n) is 8.93. The number of imidazole rings is 1. The predicted molar refractivity (Wildman–Crippen MR) is 127 cm³/mol. The third-order valence-electron chi connectivity index (χ3n) is 6.35. The van der Waals surface area contributed by atoms with E-state index in [0.717, 1.165) is 33.6 Å². The summed E-state index contributed by atoms with van der Waals surface area (Å²) in [6, 6.07) is 22.2. The Hall–Kier alpha value is -2.60. The fourth-order valence-electron chi connectivity index (χ4n) is 3.90. The average Bonchev–Trinajstić information content (AvgIpc) is 3.22. The van der Waals surface area contributed by atoms with E-state index in [1.54, 1.807) is 0 Å². The van der Waals surface area contributed by atoms with Crippen LogP contribution in [-0.2, 0) is 9.31 Å². The molecule has 1 aliphatic rings. The predicted octanol–water partition coefficient (Wildman–Crippen LogP) is 5.62. The Balaban J connectivity index is 1.62. The van der Waals surface area contributed by atoms with Crippen LogP contribution in [0.25, 0.3) is 28.2 Å². The first-order valence-corrected chi connectivity index (χ1v) is 10.8. The summed E-state index contributed by atoms with van der Waals surface area (Å²) in [5, 5.41) is 0.634. The molecule has 0 bridgehead atoms. The first kappa shape index (κ1) is 20.3. The molecule has 0 spiro atoms. The van der Waals surface area contributed by atoms with E-state index < -0.39 is 18.3 Å². The van der Waals surface area contributed by atoms with Gasteiger partial charge >= 0.3 is 7.12 Å². The normalized spacial score (nSPS) is 17.4. The van der Waals surface area contributed by atoms with Crippen LogP contribution in [0.5, 0.6) is 0 Å². The van der Waals surface area contributed by atoms with Crippen LogP contribution >= 0.6 is 11.6 Å². The van der Waals surface area contributed by atoms with E-state index in [2.05, 4.69) is 16.5 Å². The minimum absolute atomic E-state index is 0.398. The highest BCUT2D eigenvalue weighted by molar-refractivity contribution is 6.62. The first-order valence-electron chi connectivity index (χ1n) is 10.4. The smallest absolute Gasteiger partial charge is 0.399 e. The molecule has 0 radical (unpaired) electrons. The molecule has 0 aliphatic carbocycles. The van der Waals surface area contributed by atoms with Gasteiger partial charge in [-0.15, -0.1) is 0 Å². The van der Waals surface area contributed by atoms with Gasteiger partial charge in [0.05, 0.1) is 22.6 Å². The second kappa shape index (κ2) is 7.23. The maximum absolute atomic E-state index is 6.85. The molecule has 1 saturated heterocycles. The quantitative estimate of drug-likeness (QED) is 0.396. The van der Waals surface area contributed by atoms with Gasteiger partial charge in [-0.05, 0) is 51.4 Å². The maximum atomic E-state index is 6.85. The molecule has 156 valence electrons. The number of rotatable bonds is 3. The second-order valence-corrected chi connectivity index (χ2v) is 9.34. The van der Waals surface area contributed by atoms with Crippen molar-refractivity contribution in [2.75, 3.05) is 0 Å². The molecule has 0 unspecified atom stereocenters. The Bertz CT molecular complexity index is 1250. The Morgan fingerprint density at radius 2 is 1.55 bits per heavy atom. The van der Waals surface area contributed by atoms with E-state index in [9.17, 15) is 0 Å². The molecule has 4 nitrogen and oxygen atoms in total.